The molecule has 3 heterocycles. The quantitative estimate of drug-likeness (QED) is 0.768. The molecule has 0 spiro atoms. The van der Waals surface area contributed by atoms with Gasteiger partial charge in [0.1, 0.15) is 11.9 Å². The van der Waals surface area contributed by atoms with Crippen molar-refractivity contribution in [3.63, 3.8) is 0 Å². The molecule has 7 heteroatoms. The van der Waals surface area contributed by atoms with Gasteiger partial charge in [-0.05, 0) is 11.4 Å². The van der Waals surface area contributed by atoms with Gasteiger partial charge in [-0.1, -0.05) is 11.2 Å². The van der Waals surface area contributed by atoms with E-state index in [2.05, 4.69) is 31.9 Å². The van der Waals surface area contributed by atoms with Gasteiger partial charge in [0.15, 0.2) is 5.82 Å². The van der Waals surface area contributed by atoms with Crippen LogP contribution in [0.5, 0.6) is 0 Å². The number of hydrogen-bond acceptors (Lipinski definition) is 6. The maximum Gasteiger partial charge on any atom is 0.213 e. The van der Waals surface area contributed by atoms with Crippen LogP contribution in [0.1, 0.15) is 22.6 Å². The van der Waals surface area contributed by atoms with E-state index in [0.29, 0.717) is 12.4 Å². The molecule has 0 aliphatic heterocycles. The molecule has 98 valence electrons. The van der Waals surface area contributed by atoms with Gasteiger partial charge in [0.25, 0.3) is 0 Å². The first-order chi connectivity index (χ1) is 9.34. The Labute approximate surface area is 114 Å². The summed E-state index contributed by atoms with van der Waals surface area (Å²) in [6.07, 6.45) is 5.07. The number of nitrogens with one attached hydrogen (secondary N) is 1. The summed E-state index contributed by atoms with van der Waals surface area (Å²) in [7, 11) is 1.99. The predicted octanol–water partition coefficient (Wildman–Crippen LogP) is 1.74. The first-order valence-corrected chi connectivity index (χ1v) is 6.72. The van der Waals surface area contributed by atoms with Crippen molar-refractivity contribution in [3.05, 3.63) is 52.8 Å². The fourth-order valence-corrected chi connectivity index (χ4v) is 2.69. The third-order valence-corrected chi connectivity index (χ3v) is 3.75. The van der Waals surface area contributed by atoms with E-state index in [4.69, 9.17) is 4.52 Å². The average molecular weight is 275 g/mol. The number of aromatic nitrogens is 4. The standard InChI is InChI=1S/C12H13N5OS/c1-17-5-4-13-12(17)11(9-3-2-6-19-9)14-7-10-15-8-18-16-10/h2-6,8,11,14H,7H2,1H3. The molecule has 1 N–H and O–H groups in total. The van der Waals surface area contributed by atoms with E-state index in [1.807, 2.05) is 23.9 Å². The summed E-state index contributed by atoms with van der Waals surface area (Å²) < 4.78 is 6.74. The number of thiophene rings is 1. The van der Waals surface area contributed by atoms with Crippen molar-refractivity contribution in [1.29, 1.82) is 0 Å². The van der Waals surface area contributed by atoms with Crippen LogP contribution in [0, 0.1) is 0 Å². The summed E-state index contributed by atoms with van der Waals surface area (Å²) in [6.45, 7) is 0.534. The van der Waals surface area contributed by atoms with Crippen LogP contribution in [-0.2, 0) is 13.6 Å². The monoisotopic (exact) mass is 275 g/mol. The van der Waals surface area contributed by atoms with Gasteiger partial charge in [0, 0.05) is 24.3 Å². The van der Waals surface area contributed by atoms with Crippen LogP contribution < -0.4 is 5.32 Å². The van der Waals surface area contributed by atoms with Crippen molar-refractivity contribution in [2.75, 3.05) is 0 Å². The van der Waals surface area contributed by atoms with E-state index >= 15 is 0 Å². The second-order valence-electron chi connectivity index (χ2n) is 4.07. The van der Waals surface area contributed by atoms with Crippen LogP contribution in [0.25, 0.3) is 0 Å². The Morgan fingerprint density at radius 2 is 2.42 bits per heavy atom. The summed E-state index contributed by atoms with van der Waals surface area (Å²) in [6, 6.07) is 4.15. The van der Waals surface area contributed by atoms with E-state index < -0.39 is 0 Å². The number of hydrogen-bond donors (Lipinski definition) is 1. The summed E-state index contributed by atoms with van der Waals surface area (Å²) in [5, 5.41) is 9.27. The Balaban J connectivity index is 1.83. The first-order valence-electron chi connectivity index (χ1n) is 5.84. The minimum Gasteiger partial charge on any atom is -0.343 e. The molecular weight excluding hydrogens is 262 g/mol. The van der Waals surface area contributed by atoms with Crippen molar-refractivity contribution >= 4 is 11.3 Å². The Hall–Kier alpha value is -1.99. The van der Waals surface area contributed by atoms with Crippen molar-refractivity contribution < 1.29 is 4.52 Å². The molecular formula is C12H13N5OS. The largest absolute Gasteiger partial charge is 0.343 e. The smallest absolute Gasteiger partial charge is 0.213 e. The van der Waals surface area contributed by atoms with E-state index in [0.717, 1.165) is 5.82 Å². The SMILES string of the molecule is Cn1ccnc1C(NCc1ncon1)c1cccs1. The fourth-order valence-electron chi connectivity index (χ4n) is 1.89. The van der Waals surface area contributed by atoms with Gasteiger partial charge in [0.2, 0.25) is 6.39 Å². The molecule has 3 rings (SSSR count). The van der Waals surface area contributed by atoms with Gasteiger partial charge in [-0.25, -0.2) is 4.98 Å². The molecule has 0 aliphatic rings. The number of rotatable bonds is 5. The summed E-state index contributed by atoms with van der Waals surface area (Å²) >= 11 is 1.70. The maximum absolute atomic E-state index is 4.73. The first kappa shape index (κ1) is 12.1. The van der Waals surface area contributed by atoms with Crippen LogP contribution in [0.2, 0.25) is 0 Å². The Morgan fingerprint density at radius 3 is 3.05 bits per heavy atom. The molecule has 0 saturated carbocycles. The molecule has 19 heavy (non-hydrogen) atoms. The molecule has 0 amide bonds. The molecule has 0 fully saturated rings. The molecule has 0 radical (unpaired) electrons. The van der Waals surface area contributed by atoms with Crippen LogP contribution in [-0.4, -0.2) is 19.7 Å². The number of aryl methyl sites for hydroxylation is 1. The zero-order valence-corrected chi connectivity index (χ0v) is 11.2. The van der Waals surface area contributed by atoms with E-state index in [9.17, 15) is 0 Å². The third-order valence-electron chi connectivity index (χ3n) is 2.82. The molecule has 1 unspecified atom stereocenters. The van der Waals surface area contributed by atoms with Crippen molar-refractivity contribution in [2.24, 2.45) is 7.05 Å². The molecule has 0 aliphatic carbocycles. The molecule has 0 bridgehead atoms. The molecule has 6 nitrogen and oxygen atoms in total. The summed E-state index contributed by atoms with van der Waals surface area (Å²) in [5.41, 5.74) is 0. The molecule has 3 aromatic heterocycles. The minimum atomic E-state index is 0.0264. The number of imidazole rings is 1. The van der Waals surface area contributed by atoms with Gasteiger partial charge >= 0.3 is 0 Å². The zero-order valence-electron chi connectivity index (χ0n) is 10.4. The van der Waals surface area contributed by atoms with E-state index in [1.54, 1.807) is 17.5 Å². The minimum absolute atomic E-state index is 0.0264. The molecule has 0 saturated heterocycles. The molecule has 3 aromatic rings. The highest BCUT2D eigenvalue weighted by Gasteiger charge is 2.19. The average Bonchev–Trinajstić information content (AvgIpc) is 3.13. The second-order valence-corrected chi connectivity index (χ2v) is 5.05. The zero-order chi connectivity index (χ0) is 13.1. The summed E-state index contributed by atoms with van der Waals surface area (Å²) in [4.78, 5) is 9.63. The van der Waals surface area contributed by atoms with E-state index in [-0.39, 0.29) is 6.04 Å². The lowest BCUT2D eigenvalue weighted by molar-refractivity contribution is 0.405. The van der Waals surface area contributed by atoms with Crippen LogP contribution in [0.15, 0.2) is 40.8 Å². The summed E-state index contributed by atoms with van der Waals surface area (Å²) in [5.74, 6) is 1.60. The van der Waals surface area contributed by atoms with Gasteiger partial charge in [-0.2, -0.15) is 4.98 Å². The Kier molecular flexibility index (Phi) is 3.39. The third kappa shape index (κ3) is 2.56. The highest BCUT2D eigenvalue weighted by atomic mass is 32.1. The van der Waals surface area contributed by atoms with Crippen molar-refractivity contribution in [2.45, 2.75) is 12.6 Å². The maximum atomic E-state index is 4.73. The van der Waals surface area contributed by atoms with Gasteiger partial charge in [-0.15, -0.1) is 11.3 Å². The van der Waals surface area contributed by atoms with Gasteiger partial charge in [-0.3, -0.25) is 5.32 Å². The Bertz CT molecular complexity index is 616. The normalized spacial score (nSPS) is 12.7. The highest BCUT2D eigenvalue weighted by Crippen LogP contribution is 2.24. The fraction of sp³-hybridized carbons (Fsp3) is 0.250. The lowest BCUT2D eigenvalue weighted by Gasteiger charge is -2.16. The van der Waals surface area contributed by atoms with Crippen molar-refractivity contribution in [3.8, 4) is 0 Å². The molecule has 0 aromatic carbocycles. The number of nitrogens with zero attached hydrogens (tertiary/aromatic N) is 4. The van der Waals surface area contributed by atoms with Crippen LogP contribution >= 0.6 is 11.3 Å². The lowest BCUT2D eigenvalue weighted by atomic mass is 10.2. The van der Waals surface area contributed by atoms with Crippen LogP contribution in [0.3, 0.4) is 0 Å². The highest BCUT2D eigenvalue weighted by molar-refractivity contribution is 7.10. The lowest BCUT2D eigenvalue weighted by Crippen LogP contribution is -2.24. The topological polar surface area (TPSA) is 68.8 Å². The molecule has 1 atom stereocenters. The van der Waals surface area contributed by atoms with Crippen LogP contribution in [0.4, 0.5) is 0 Å². The Morgan fingerprint density at radius 1 is 1.47 bits per heavy atom. The second kappa shape index (κ2) is 5.33. The van der Waals surface area contributed by atoms with Crippen molar-refractivity contribution in [1.82, 2.24) is 25.0 Å². The predicted molar refractivity (Wildman–Crippen MR) is 70.5 cm³/mol. The van der Waals surface area contributed by atoms with Gasteiger partial charge < -0.3 is 9.09 Å². The van der Waals surface area contributed by atoms with E-state index in [1.165, 1.54) is 11.3 Å². The van der Waals surface area contributed by atoms with Gasteiger partial charge in [0.05, 0.1) is 6.54 Å².